The maximum absolute atomic E-state index is 11.7. The first-order valence-corrected chi connectivity index (χ1v) is 11.8. The lowest BCUT2D eigenvalue weighted by Gasteiger charge is -2.49. The molecule has 3 heterocycles. The number of pyridine rings is 1. The van der Waals surface area contributed by atoms with Crippen LogP contribution in [0.1, 0.15) is 43.7 Å². The van der Waals surface area contributed by atoms with E-state index in [1.165, 1.54) is 18.4 Å². The van der Waals surface area contributed by atoms with Gasteiger partial charge in [0.25, 0.3) is 0 Å². The number of piperazine rings is 1. The van der Waals surface area contributed by atoms with Gasteiger partial charge in [0.05, 0.1) is 5.56 Å². The molecular weight excluding hydrogens is 398 g/mol. The van der Waals surface area contributed by atoms with E-state index in [0.717, 1.165) is 51.4 Å². The van der Waals surface area contributed by atoms with Crippen molar-refractivity contribution in [2.24, 2.45) is 0 Å². The SMILES string of the molecule is CC(=O)N1CCN([C@@H]2CC[C@]3(c4ccccc4)CCN(c4ccc(C#N)cn4)[C@H]3C2)CC1. The molecule has 2 aliphatic heterocycles. The molecular formula is C26H31N5O. The number of anilines is 1. The standard InChI is InChI=1S/C26H31N5O/c1-20(32)29-13-15-30(16-14-29)23-9-10-26(22-5-3-2-4-6-22)11-12-31(24(26)17-23)25-8-7-21(18-27)19-28-25/h2-8,19,23-24H,9-17H2,1H3/t23-,24+,26-/m1/s1. The number of nitrogens with zero attached hydrogens (tertiary/aromatic N) is 5. The molecule has 32 heavy (non-hydrogen) atoms. The summed E-state index contributed by atoms with van der Waals surface area (Å²) in [5.41, 5.74) is 2.20. The van der Waals surface area contributed by atoms with Gasteiger partial charge in [0.2, 0.25) is 5.91 Å². The Morgan fingerprint density at radius 2 is 1.84 bits per heavy atom. The van der Waals surface area contributed by atoms with Gasteiger partial charge in [-0.3, -0.25) is 9.69 Å². The number of aromatic nitrogens is 1. The van der Waals surface area contributed by atoms with Gasteiger partial charge in [-0.25, -0.2) is 4.98 Å². The molecule has 3 fully saturated rings. The topological polar surface area (TPSA) is 63.5 Å². The fourth-order valence-electron chi connectivity index (χ4n) is 6.27. The summed E-state index contributed by atoms with van der Waals surface area (Å²) in [6.45, 7) is 6.26. The molecule has 2 saturated heterocycles. The molecule has 3 aliphatic rings. The van der Waals surface area contributed by atoms with Gasteiger partial charge in [-0.15, -0.1) is 0 Å². The van der Waals surface area contributed by atoms with Crippen LogP contribution >= 0.6 is 0 Å². The van der Waals surface area contributed by atoms with Gasteiger partial charge in [0.15, 0.2) is 0 Å². The molecule has 166 valence electrons. The normalized spacial score (nSPS) is 28.2. The van der Waals surface area contributed by atoms with Crippen LogP contribution in [0.4, 0.5) is 5.82 Å². The number of rotatable bonds is 3. The number of amides is 1. The highest BCUT2D eigenvalue weighted by atomic mass is 16.2. The van der Waals surface area contributed by atoms with E-state index >= 15 is 0 Å². The van der Waals surface area contributed by atoms with Crippen LogP contribution in [-0.2, 0) is 10.2 Å². The molecule has 2 aromatic rings. The zero-order valence-electron chi connectivity index (χ0n) is 18.8. The van der Waals surface area contributed by atoms with Gasteiger partial charge in [-0.1, -0.05) is 30.3 Å². The van der Waals surface area contributed by atoms with E-state index in [2.05, 4.69) is 51.2 Å². The second-order valence-corrected chi connectivity index (χ2v) is 9.47. The summed E-state index contributed by atoms with van der Waals surface area (Å²) < 4.78 is 0. The van der Waals surface area contributed by atoms with Crippen molar-refractivity contribution in [1.29, 1.82) is 5.26 Å². The molecule has 1 aromatic carbocycles. The summed E-state index contributed by atoms with van der Waals surface area (Å²) in [4.78, 5) is 23.5. The molecule has 1 aromatic heterocycles. The molecule has 6 heteroatoms. The van der Waals surface area contributed by atoms with Crippen LogP contribution in [0.3, 0.4) is 0 Å². The van der Waals surface area contributed by atoms with Crippen molar-refractivity contribution >= 4 is 11.7 Å². The van der Waals surface area contributed by atoms with Crippen molar-refractivity contribution in [2.75, 3.05) is 37.6 Å². The van der Waals surface area contributed by atoms with Crippen LogP contribution < -0.4 is 4.90 Å². The van der Waals surface area contributed by atoms with E-state index in [1.54, 1.807) is 13.1 Å². The Morgan fingerprint density at radius 3 is 2.50 bits per heavy atom. The lowest BCUT2D eigenvalue weighted by Crippen LogP contribution is -2.57. The van der Waals surface area contributed by atoms with Gasteiger partial charge in [0, 0.05) is 63.3 Å². The maximum atomic E-state index is 11.7. The second kappa shape index (κ2) is 8.55. The van der Waals surface area contributed by atoms with Crippen molar-refractivity contribution < 1.29 is 4.79 Å². The van der Waals surface area contributed by atoms with Crippen LogP contribution in [-0.4, -0.2) is 65.5 Å². The summed E-state index contributed by atoms with van der Waals surface area (Å²) in [6.07, 6.45) is 6.30. The molecule has 0 bridgehead atoms. The van der Waals surface area contributed by atoms with Gasteiger partial charge in [-0.2, -0.15) is 5.26 Å². The summed E-state index contributed by atoms with van der Waals surface area (Å²) in [7, 11) is 0. The van der Waals surface area contributed by atoms with Gasteiger partial charge in [0.1, 0.15) is 11.9 Å². The first-order chi connectivity index (χ1) is 15.6. The summed E-state index contributed by atoms with van der Waals surface area (Å²) >= 11 is 0. The zero-order chi connectivity index (χ0) is 22.1. The average molecular weight is 430 g/mol. The van der Waals surface area contributed by atoms with E-state index in [1.807, 2.05) is 17.0 Å². The minimum Gasteiger partial charge on any atom is -0.353 e. The van der Waals surface area contributed by atoms with Crippen LogP contribution in [0.25, 0.3) is 0 Å². The summed E-state index contributed by atoms with van der Waals surface area (Å²) in [5, 5.41) is 9.17. The first-order valence-electron chi connectivity index (χ1n) is 11.8. The predicted molar refractivity (Wildman–Crippen MR) is 124 cm³/mol. The van der Waals surface area contributed by atoms with Gasteiger partial charge < -0.3 is 9.80 Å². The number of carbonyl (C=O) groups excluding carboxylic acids is 1. The summed E-state index contributed by atoms with van der Waals surface area (Å²) in [6, 6.07) is 18.0. The quantitative estimate of drug-likeness (QED) is 0.750. The maximum Gasteiger partial charge on any atom is 0.219 e. The van der Waals surface area contributed by atoms with Crippen molar-refractivity contribution in [2.45, 2.75) is 50.1 Å². The zero-order valence-corrected chi connectivity index (χ0v) is 18.8. The Balaban J connectivity index is 1.42. The second-order valence-electron chi connectivity index (χ2n) is 9.47. The highest BCUT2D eigenvalue weighted by Crippen LogP contribution is 2.50. The largest absolute Gasteiger partial charge is 0.353 e. The molecule has 3 atom stereocenters. The van der Waals surface area contributed by atoms with Gasteiger partial charge in [-0.05, 0) is 43.4 Å². The Kier molecular flexibility index (Phi) is 5.60. The monoisotopic (exact) mass is 429 g/mol. The predicted octanol–water partition coefficient (Wildman–Crippen LogP) is 3.19. The van der Waals surface area contributed by atoms with E-state index < -0.39 is 0 Å². The van der Waals surface area contributed by atoms with Crippen LogP contribution in [0.2, 0.25) is 0 Å². The molecule has 0 unspecified atom stereocenters. The van der Waals surface area contributed by atoms with E-state index in [0.29, 0.717) is 17.6 Å². The minimum absolute atomic E-state index is 0.147. The number of hydrogen-bond donors (Lipinski definition) is 0. The van der Waals surface area contributed by atoms with Crippen LogP contribution in [0, 0.1) is 11.3 Å². The smallest absolute Gasteiger partial charge is 0.219 e. The van der Waals surface area contributed by atoms with E-state index in [-0.39, 0.29) is 11.3 Å². The molecule has 0 spiro atoms. The highest BCUT2D eigenvalue weighted by Gasteiger charge is 2.52. The van der Waals surface area contributed by atoms with Crippen LogP contribution in [0.5, 0.6) is 0 Å². The molecule has 1 aliphatic carbocycles. The number of benzene rings is 1. The Bertz CT molecular complexity index is 993. The third-order valence-corrected chi connectivity index (χ3v) is 8.03. The van der Waals surface area contributed by atoms with Crippen LogP contribution in [0.15, 0.2) is 48.7 Å². The number of nitriles is 1. The van der Waals surface area contributed by atoms with Crippen molar-refractivity contribution in [3.63, 3.8) is 0 Å². The third-order valence-electron chi connectivity index (χ3n) is 8.03. The third kappa shape index (κ3) is 3.65. The fourth-order valence-corrected chi connectivity index (χ4v) is 6.27. The molecule has 5 rings (SSSR count). The highest BCUT2D eigenvalue weighted by molar-refractivity contribution is 5.73. The lowest BCUT2D eigenvalue weighted by atomic mass is 9.64. The molecule has 6 nitrogen and oxygen atoms in total. The first kappa shape index (κ1) is 21.0. The van der Waals surface area contributed by atoms with Crippen molar-refractivity contribution in [3.05, 3.63) is 59.8 Å². The molecule has 1 saturated carbocycles. The molecule has 1 amide bonds. The number of carbonyl (C=O) groups is 1. The molecule has 0 radical (unpaired) electrons. The van der Waals surface area contributed by atoms with Crippen molar-refractivity contribution in [3.8, 4) is 6.07 Å². The minimum atomic E-state index is 0.147. The lowest BCUT2D eigenvalue weighted by molar-refractivity contribution is -0.131. The number of hydrogen-bond acceptors (Lipinski definition) is 5. The van der Waals surface area contributed by atoms with Crippen molar-refractivity contribution in [1.82, 2.24) is 14.8 Å². The summed E-state index contributed by atoms with van der Waals surface area (Å²) in [5.74, 6) is 1.17. The van der Waals surface area contributed by atoms with E-state index in [9.17, 15) is 4.79 Å². The van der Waals surface area contributed by atoms with Gasteiger partial charge >= 0.3 is 0 Å². The fraction of sp³-hybridized carbons (Fsp3) is 0.500. The number of fused-ring (bicyclic) bond motifs is 1. The Morgan fingerprint density at radius 1 is 1.06 bits per heavy atom. The Hall–Kier alpha value is -2.91. The average Bonchev–Trinajstić information content (AvgIpc) is 3.24. The Labute approximate surface area is 190 Å². The van der Waals surface area contributed by atoms with E-state index in [4.69, 9.17) is 5.26 Å². The molecule has 0 N–H and O–H groups in total.